The fourth-order valence-electron chi connectivity index (χ4n) is 5.16. The summed E-state index contributed by atoms with van der Waals surface area (Å²) in [5.74, 6) is 0. The Balaban J connectivity index is 1.45. The smallest absolute Gasteiger partial charge is 0.456 e. The maximum Gasteiger partial charge on any atom is 0.494 e. The third-order valence-corrected chi connectivity index (χ3v) is 7.30. The second-order valence-electron chi connectivity index (χ2n) is 9.74. The van der Waals surface area contributed by atoms with Crippen molar-refractivity contribution in [2.45, 2.75) is 32.5 Å². The number of hydrogen-bond donors (Lipinski definition) is 0. The molecule has 1 atom stereocenters. The number of hydrogen-bond acceptors (Lipinski definition) is 3. The van der Waals surface area contributed by atoms with Gasteiger partial charge in [-0.05, 0) is 62.6 Å². The SMILES string of the molecule is CC1OB(c2ccc3c(c2)c2ccccc2n3-c2ccc3oc4ccccc4c3c2)OC1(C)C. The van der Waals surface area contributed by atoms with Crippen molar-refractivity contribution in [2.75, 3.05) is 0 Å². The highest BCUT2D eigenvalue weighted by Crippen LogP contribution is 2.35. The molecule has 1 fully saturated rings. The van der Waals surface area contributed by atoms with Crippen LogP contribution in [-0.4, -0.2) is 23.4 Å². The Morgan fingerprint density at radius 1 is 0.735 bits per heavy atom. The molecule has 34 heavy (non-hydrogen) atoms. The molecular formula is C29H24BNO3. The first-order valence-electron chi connectivity index (χ1n) is 11.8. The van der Waals surface area contributed by atoms with Crippen LogP contribution in [0.2, 0.25) is 0 Å². The molecule has 5 heteroatoms. The van der Waals surface area contributed by atoms with Crippen molar-refractivity contribution in [1.82, 2.24) is 4.57 Å². The average Bonchev–Trinajstić information content (AvgIpc) is 3.47. The van der Waals surface area contributed by atoms with Gasteiger partial charge in [0, 0.05) is 27.2 Å². The van der Waals surface area contributed by atoms with Crippen LogP contribution in [0.4, 0.5) is 0 Å². The average molecular weight is 445 g/mol. The lowest BCUT2D eigenvalue weighted by molar-refractivity contribution is 0.0842. The first kappa shape index (κ1) is 19.9. The van der Waals surface area contributed by atoms with Gasteiger partial charge < -0.3 is 18.3 Å². The van der Waals surface area contributed by atoms with Gasteiger partial charge in [0.2, 0.25) is 0 Å². The lowest BCUT2D eigenvalue weighted by Gasteiger charge is -2.21. The first-order valence-corrected chi connectivity index (χ1v) is 11.8. The van der Waals surface area contributed by atoms with Gasteiger partial charge in [-0.1, -0.05) is 48.5 Å². The molecule has 0 amide bonds. The van der Waals surface area contributed by atoms with Gasteiger partial charge in [0.15, 0.2) is 0 Å². The van der Waals surface area contributed by atoms with E-state index in [-0.39, 0.29) is 18.8 Å². The zero-order chi connectivity index (χ0) is 23.0. The number of furan rings is 1. The summed E-state index contributed by atoms with van der Waals surface area (Å²) >= 11 is 0. The number of nitrogens with zero attached hydrogens (tertiary/aromatic N) is 1. The number of benzene rings is 4. The number of fused-ring (bicyclic) bond motifs is 6. The zero-order valence-electron chi connectivity index (χ0n) is 19.4. The standard InChI is InChI=1S/C29H24BNO3/c1-18-29(2,3)34-30(33-18)19-12-14-26-23(16-19)21-8-4-6-10-25(21)31(26)20-13-15-28-24(17-20)22-9-5-7-11-27(22)32-28/h4-18H,1-3H3. The van der Waals surface area contributed by atoms with Gasteiger partial charge in [0.25, 0.3) is 0 Å². The summed E-state index contributed by atoms with van der Waals surface area (Å²) in [4.78, 5) is 0. The molecule has 166 valence electrons. The maximum atomic E-state index is 6.24. The Morgan fingerprint density at radius 2 is 1.47 bits per heavy atom. The highest BCUT2D eigenvalue weighted by atomic mass is 16.7. The van der Waals surface area contributed by atoms with E-state index in [1.165, 1.54) is 16.3 Å². The fraction of sp³-hybridized carbons (Fsp3) is 0.172. The highest BCUT2D eigenvalue weighted by molar-refractivity contribution is 6.62. The highest BCUT2D eigenvalue weighted by Gasteiger charge is 2.43. The van der Waals surface area contributed by atoms with E-state index in [2.05, 4.69) is 98.1 Å². The first-order chi connectivity index (χ1) is 16.5. The summed E-state index contributed by atoms with van der Waals surface area (Å²) in [6, 6.07) is 29.7. The van der Waals surface area contributed by atoms with E-state index in [0.29, 0.717) is 0 Å². The quantitative estimate of drug-likeness (QED) is 0.282. The van der Waals surface area contributed by atoms with E-state index in [1.54, 1.807) is 0 Å². The van der Waals surface area contributed by atoms with Crippen molar-refractivity contribution in [2.24, 2.45) is 0 Å². The molecule has 0 bridgehead atoms. The molecule has 6 aromatic rings. The van der Waals surface area contributed by atoms with Crippen molar-refractivity contribution in [3.8, 4) is 5.69 Å². The summed E-state index contributed by atoms with van der Waals surface area (Å²) in [5.41, 5.74) is 5.99. The van der Waals surface area contributed by atoms with Crippen molar-refractivity contribution < 1.29 is 13.7 Å². The number of rotatable bonds is 2. The molecule has 0 radical (unpaired) electrons. The minimum atomic E-state index is -0.356. The van der Waals surface area contributed by atoms with Crippen LogP contribution in [-0.2, 0) is 9.31 Å². The Kier molecular flexibility index (Phi) is 4.09. The van der Waals surface area contributed by atoms with Gasteiger partial charge in [-0.15, -0.1) is 0 Å². The van der Waals surface area contributed by atoms with Crippen molar-refractivity contribution in [3.63, 3.8) is 0 Å². The minimum absolute atomic E-state index is 0.0334. The van der Waals surface area contributed by atoms with Crippen LogP contribution in [0, 0.1) is 0 Å². The molecule has 3 heterocycles. The van der Waals surface area contributed by atoms with Crippen LogP contribution < -0.4 is 5.46 Å². The van der Waals surface area contributed by atoms with Gasteiger partial charge in [0.1, 0.15) is 11.2 Å². The van der Waals surface area contributed by atoms with Crippen molar-refractivity contribution in [3.05, 3.63) is 84.9 Å². The van der Waals surface area contributed by atoms with Crippen molar-refractivity contribution >= 4 is 56.3 Å². The molecular weight excluding hydrogens is 421 g/mol. The zero-order valence-corrected chi connectivity index (χ0v) is 19.4. The molecule has 4 aromatic carbocycles. The Bertz CT molecular complexity index is 1730. The molecule has 4 nitrogen and oxygen atoms in total. The fourth-order valence-corrected chi connectivity index (χ4v) is 5.16. The lowest BCUT2D eigenvalue weighted by Crippen LogP contribution is -2.34. The summed E-state index contributed by atoms with van der Waals surface area (Å²) in [5, 5.41) is 4.66. The molecule has 1 aliphatic rings. The second kappa shape index (κ2) is 6.98. The number of aromatic nitrogens is 1. The maximum absolute atomic E-state index is 6.24. The topological polar surface area (TPSA) is 36.5 Å². The minimum Gasteiger partial charge on any atom is -0.456 e. The largest absolute Gasteiger partial charge is 0.494 e. The molecule has 1 unspecified atom stereocenters. The second-order valence-corrected chi connectivity index (χ2v) is 9.74. The lowest BCUT2D eigenvalue weighted by atomic mass is 9.78. The van der Waals surface area contributed by atoms with Gasteiger partial charge in [-0.3, -0.25) is 0 Å². The van der Waals surface area contributed by atoms with Crippen LogP contribution in [0.15, 0.2) is 89.3 Å². The molecule has 0 saturated carbocycles. The third-order valence-electron chi connectivity index (χ3n) is 7.30. The third kappa shape index (κ3) is 2.81. The van der Waals surface area contributed by atoms with Crippen LogP contribution in [0.1, 0.15) is 20.8 Å². The van der Waals surface area contributed by atoms with E-state index in [9.17, 15) is 0 Å². The molecule has 0 aliphatic carbocycles. The molecule has 7 rings (SSSR count). The van der Waals surface area contributed by atoms with Crippen molar-refractivity contribution in [1.29, 1.82) is 0 Å². The predicted molar refractivity (Wildman–Crippen MR) is 139 cm³/mol. The Labute approximate surface area is 197 Å². The number of para-hydroxylation sites is 2. The van der Waals surface area contributed by atoms with Gasteiger partial charge in [0.05, 0.1) is 22.7 Å². The Hall–Kier alpha value is -3.54. The van der Waals surface area contributed by atoms with Crippen LogP contribution in [0.5, 0.6) is 0 Å². The van der Waals surface area contributed by atoms with Gasteiger partial charge in [-0.25, -0.2) is 0 Å². The van der Waals surface area contributed by atoms with Gasteiger partial charge >= 0.3 is 7.12 Å². The Morgan fingerprint density at radius 3 is 2.29 bits per heavy atom. The van der Waals surface area contributed by atoms with E-state index in [0.717, 1.165) is 38.6 Å². The molecule has 0 N–H and O–H groups in total. The van der Waals surface area contributed by atoms with E-state index in [1.807, 2.05) is 12.1 Å². The molecule has 1 aliphatic heterocycles. The molecule has 1 saturated heterocycles. The molecule has 2 aromatic heterocycles. The van der Waals surface area contributed by atoms with Crippen LogP contribution in [0.25, 0.3) is 49.4 Å². The summed E-state index contributed by atoms with van der Waals surface area (Å²) in [6.45, 7) is 6.23. The van der Waals surface area contributed by atoms with E-state index < -0.39 is 0 Å². The summed E-state index contributed by atoms with van der Waals surface area (Å²) in [6.07, 6.45) is 0.0334. The van der Waals surface area contributed by atoms with E-state index >= 15 is 0 Å². The van der Waals surface area contributed by atoms with Gasteiger partial charge in [-0.2, -0.15) is 0 Å². The monoisotopic (exact) mass is 445 g/mol. The summed E-state index contributed by atoms with van der Waals surface area (Å²) < 4.78 is 20.8. The normalized spacial score (nSPS) is 18.1. The molecule has 0 spiro atoms. The van der Waals surface area contributed by atoms with E-state index in [4.69, 9.17) is 13.7 Å². The van der Waals surface area contributed by atoms with Crippen LogP contribution in [0.3, 0.4) is 0 Å². The van der Waals surface area contributed by atoms with Crippen LogP contribution >= 0.6 is 0 Å². The summed E-state index contributed by atoms with van der Waals surface area (Å²) in [7, 11) is -0.356. The predicted octanol–water partition coefficient (Wildman–Crippen LogP) is 6.59.